The Morgan fingerprint density at radius 1 is 0.889 bits per heavy atom. The van der Waals surface area contributed by atoms with Crippen LogP contribution in [0.5, 0.6) is 5.75 Å². The van der Waals surface area contributed by atoms with E-state index in [1.54, 1.807) is 29.1 Å². The van der Waals surface area contributed by atoms with Gasteiger partial charge in [0.15, 0.2) is 0 Å². The average molecular weight is 255 g/mol. The van der Waals surface area contributed by atoms with Crippen LogP contribution in [0.2, 0.25) is 0 Å². The molecule has 0 unspecified atom stereocenters. The van der Waals surface area contributed by atoms with Crippen LogP contribution in [0, 0.1) is 0 Å². The summed E-state index contributed by atoms with van der Waals surface area (Å²) in [4.78, 5) is 3.74. The standard InChI is InChI=1S/C12H10O.C3H3NS/c13-12-9-5-4-8-11(12)10-6-2-1-3-7-10;1-2-5-3-4-1/h1-9,13H;1-3H. The van der Waals surface area contributed by atoms with Gasteiger partial charge in [-0.15, -0.1) is 11.3 Å². The molecule has 0 amide bonds. The number of phenolic OH excluding ortho intramolecular Hbond substituents is 1. The minimum atomic E-state index is 0.328. The monoisotopic (exact) mass is 255 g/mol. The Labute approximate surface area is 110 Å². The molecule has 3 heteroatoms. The molecule has 0 radical (unpaired) electrons. The maximum absolute atomic E-state index is 9.56. The molecule has 0 fully saturated rings. The largest absolute Gasteiger partial charge is 0.507 e. The third-order valence-electron chi connectivity index (χ3n) is 2.34. The van der Waals surface area contributed by atoms with Gasteiger partial charge in [0.05, 0.1) is 5.51 Å². The van der Waals surface area contributed by atoms with Gasteiger partial charge < -0.3 is 5.11 Å². The van der Waals surface area contributed by atoms with E-state index < -0.39 is 0 Å². The summed E-state index contributed by atoms with van der Waals surface area (Å²) in [5.41, 5.74) is 3.71. The first-order chi connectivity index (χ1) is 8.88. The van der Waals surface area contributed by atoms with Crippen LogP contribution in [0.1, 0.15) is 0 Å². The number of aromatic nitrogens is 1. The lowest BCUT2D eigenvalue weighted by atomic mass is 10.1. The van der Waals surface area contributed by atoms with Crippen molar-refractivity contribution in [1.29, 1.82) is 0 Å². The lowest BCUT2D eigenvalue weighted by molar-refractivity contribution is 0.477. The van der Waals surface area contributed by atoms with Crippen LogP contribution in [0.15, 0.2) is 71.7 Å². The van der Waals surface area contributed by atoms with Crippen LogP contribution in [0.3, 0.4) is 0 Å². The molecule has 0 aliphatic heterocycles. The first-order valence-electron chi connectivity index (χ1n) is 5.53. The van der Waals surface area contributed by atoms with Crippen LogP contribution < -0.4 is 0 Å². The van der Waals surface area contributed by atoms with Gasteiger partial charge in [0.1, 0.15) is 5.75 Å². The van der Waals surface area contributed by atoms with E-state index >= 15 is 0 Å². The molecule has 1 N–H and O–H groups in total. The highest BCUT2D eigenvalue weighted by Crippen LogP contribution is 2.27. The van der Waals surface area contributed by atoms with Crippen molar-refractivity contribution in [2.75, 3.05) is 0 Å². The number of para-hydroxylation sites is 1. The fourth-order valence-electron chi connectivity index (χ4n) is 1.51. The highest BCUT2D eigenvalue weighted by atomic mass is 32.1. The molecule has 0 atom stereocenters. The van der Waals surface area contributed by atoms with Crippen LogP contribution >= 0.6 is 11.3 Å². The van der Waals surface area contributed by atoms with Crippen molar-refractivity contribution >= 4 is 11.3 Å². The highest BCUT2D eigenvalue weighted by molar-refractivity contribution is 7.07. The summed E-state index contributed by atoms with van der Waals surface area (Å²) in [6.45, 7) is 0. The molecule has 0 saturated carbocycles. The molecule has 1 aromatic heterocycles. The van der Waals surface area contributed by atoms with Crippen molar-refractivity contribution in [3.05, 3.63) is 71.7 Å². The van der Waals surface area contributed by atoms with E-state index in [9.17, 15) is 5.11 Å². The molecule has 0 aliphatic carbocycles. The smallest absolute Gasteiger partial charge is 0.123 e. The van der Waals surface area contributed by atoms with E-state index in [0.29, 0.717) is 5.75 Å². The third-order valence-corrected chi connectivity index (χ3v) is 2.86. The molecule has 1 heterocycles. The second-order valence-electron chi connectivity index (χ2n) is 3.56. The van der Waals surface area contributed by atoms with E-state index in [1.165, 1.54) is 0 Å². The number of benzene rings is 2. The normalized spacial score (nSPS) is 9.33. The van der Waals surface area contributed by atoms with Gasteiger partial charge in [-0.2, -0.15) is 0 Å². The summed E-state index contributed by atoms with van der Waals surface area (Å²) in [6.07, 6.45) is 1.77. The van der Waals surface area contributed by atoms with Crippen LogP contribution in [-0.2, 0) is 0 Å². The predicted octanol–water partition coefficient (Wildman–Crippen LogP) is 4.20. The van der Waals surface area contributed by atoms with E-state index in [-0.39, 0.29) is 0 Å². The Kier molecular flexibility index (Phi) is 4.50. The van der Waals surface area contributed by atoms with Gasteiger partial charge in [-0.3, -0.25) is 4.98 Å². The van der Waals surface area contributed by atoms with Crippen molar-refractivity contribution in [2.45, 2.75) is 0 Å². The quantitative estimate of drug-likeness (QED) is 0.707. The summed E-state index contributed by atoms with van der Waals surface area (Å²) in [5.74, 6) is 0.328. The third kappa shape index (κ3) is 3.43. The minimum absolute atomic E-state index is 0.328. The number of rotatable bonds is 1. The summed E-state index contributed by atoms with van der Waals surface area (Å²) in [5, 5.41) is 11.5. The maximum atomic E-state index is 9.56. The molecular weight excluding hydrogens is 242 g/mol. The van der Waals surface area contributed by atoms with Gasteiger partial charge in [-0.25, -0.2) is 0 Å². The number of phenols is 1. The molecule has 3 rings (SSSR count). The molecule has 0 bridgehead atoms. The first-order valence-corrected chi connectivity index (χ1v) is 6.48. The maximum Gasteiger partial charge on any atom is 0.123 e. The SMILES string of the molecule is Oc1ccccc1-c1ccccc1.c1cscn1. The van der Waals surface area contributed by atoms with E-state index in [0.717, 1.165) is 11.1 Å². The van der Waals surface area contributed by atoms with Crippen LogP contribution in [-0.4, -0.2) is 10.1 Å². The number of aromatic hydroxyl groups is 1. The number of hydrogen-bond acceptors (Lipinski definition) is 3. The summed E-state index contributed by atoms with van der Waals surface area (Å²) < 4.78 is 0. The van der Waals surface area contributed by atoms with Crippen LogP contribution in [0.4, 0.5) is 0 Å². The second-order valence-corrected chi connectivity index (χ2v) is 4.31. The summed E-state index contributed by atoms with van der Waals surface area (Å²) in [6, 6.07) is 17.2. The number of thiazole rings is 1. The van der Waals surface area contributed by atoms with Crippen molar-refractivity contribution in [2.24, 2.45) is 0 Å². The van der Waals surface area contributed by atoms with Gasteiger partial charge in [0.25, 0.3) is 0 Å². The fraction of sp³-hybridized carbons (Fsp3) is 0. The van der Waals surface area contributed by atoms with E-state index in [2.05, 4.69) is 4.98 Å². The van der Waals surface area contributed by atoms with Crippen molar-refractivity contribution in [1.82, 2.24) is 4.98 Å². The molecule has 18 heavy (non-hydrogen) atoms. The first kappa shape index (κ1) is 12.3. The van der Waals surface area contributed by atoms with Gasteiger partial charge >= 0.3 is 0 Å². The molecule has 0 aliphatic rings. The predicted molar refractivity (Wildman–Crippen MR) is 75.7 cm³/mol. The molecule has 90 valence electrons. The zero-order valence-corrected chi connectivity index (χ0v) is 10.5. The fourth-order valence-corrected chi connectivity index (χ4v) is 1.86. The summed E-state index contributed by atoms with van der Waals surface area (Å²) >= 11 is 1.60. The number of hydrogen-bond donors (Lipinski definition) is 1. The Morgan fingerprint density at radius 2 is 1.61 bits per heavy atom. The summed E-state index contributed by atoms with van der Waals surface area (Å²) in [7, 11) is 0. The molecule has 0 saturated heterocycles. The van der Waals surface area contributed by atoms with Crippen molar-refractivity contribution in [3.63, 3.8) is 0 Å². The Balaban J connectivity index is 0.000000202. The van der Waals surface area contributed by atoms with Crippen LogP contribution in [0.25, 0.3) is 11.1 Å². The lowest BCUT2D eigenvalue weighted by Crippen LogP contribution is -1.76. The van der Waals surface area contributed by atoms with Gasteiger partial charge in [0, 0.05) is 17.1 Å². The molecule has 2 nitrogen and oxygen atoms in total. The van der Waals surface area contributed by atoms with Gasteiger partial charge in [0.2, 0.25) is 0 Å². The Hall–Kier alpha value is -2.13. The Bertz CT molecular complexity index is 547. The van der Waals surface area contributed by atoms with E-state index in [4.69, 9.17) is 0 Å². The molecule has 3 aromatic rings. The van der Waals surface area contributed by atoms with Gasteiger partial charge in [-0.05, 0) is 11.6 Å². The zero-order chi connectivity index (χ0) is 12.6. The molecule has 0 spiro atoms. The van der Waals surface area contributed by atoms with Crippen molar-refractivity contribution < 1.29 is 5.11 Å². The highest BCUT2D eigenvalue weighted by Gasteiger charge is 2.00. The Morgan fingerprint density at radius 3 is 2.17 bits per heavy atom. The number of nitrogens with zero attached hydrogens (tertiary/aromatic N) is 1. The average Bonchev–Trinajstić information content (AvgIpc) is 2.99. The van der Waals surface area contributed by atoms with Gasteiger partial charge in [-0.1, -0.05) is 48.5 Å². The zero-order valence-electron chi connectivity index (χ0n) is 9.73. The van der Waals surface area contributed by atoms with Crippen molar-refractivity contribution in [3.8, 4) is 16.9 Å². The lowest BCUT2D eigenvalue weighted by Gasteiger charge is -2.02. The molecular formula is C15H13NOS. The van der Waals surface area contributed by atoms with E-state index in [1.807, 2.05) is 53.9 Å². The second kappa shape index (κ2) is 6.57. The molecule has 2 aromatic carbocycles. The topological polar surface area (TPSA) is 33.1 Å². The minimum Gasteiger partial charge on any atom is -0.507 e.